The van der Waals surface area contributed by atoms with Crippen LogP contribution in [0.4, 0.5) is 5.69 Å². The van der Waals surface area contributed by atoms with Crippen molar-refractivity contribution >= 4 is 15.7 Å². The standard InChI is InChI=1S/C15H24N2O2S/c1-2-16-11-6-12-20(18,19)17-15-10-5-8-13-7-3-4-9-14(13)15/h5,8,10,16-17H,2-4,6-7,9,11-12H2,1H3. The summed E-state index contributed by atoms with van der Waals surface area (Å²) in [7, 11) is -3.24. The highest BCUT2D eigenvalue weighted by atomic mass is 32.2. The Morgan fingerprint density at radius 3 is 2.80 bits per heavy atom. The summed E-state index contributed by atoms with van der Waals surface area (Å²) in [6.07, 6.45) is 5.02. The third-order valence-electron chi connectivity index (χ3n) is 3.68. The first-order valence-electron chi connectivity index (χ1n) is 7.44. The van der Waals surface area contributed by atoms with Gasteiger partial charge in [-0.3, -0.25) is 4.72 Å². The van der Waals surface area contributed by atoms with Crippen molar-refractivity contribution < 1.29 is 8.42 Å². The van der Waals surface area contributed by atoms with E-state index in [2.05, 4.69) is 16.1 Å². The SMILES string of the molecule is CCNCCCS(=O)(=O)Nc1cccc2c1CCCC2. The fourth-order valence-corrected chi connectivity index (χ4v) is 3.81. The second-order valence-corrected chi connectivity index (χ2v) is 7.12. The van der Waals surface area contributed by atoms with Gasteiger partial charge in [-0.15, -0.1) is 0 Å². The highest BCUT2D eigenvalue weighted by molar-refractivity contribution is 7.92. The fraction of sp³-hybridized carbons (Fsp3) is 0.600. The minimum atomic E-state index is -3.24. The lowest BCUT2D eigenvalue weighted by atomic mass is 9.91. The van der Waals surface area contributed by atoms with Crippen LogP contribution in [0.1, 0.15) is 37.3 Å². The molecule has 2 N–H and O–H groups in total. The number of hydrogen-bond donors (Lipinski definition) is 2. The zero-order chi connectivity index (χ0) is 14.4. The maximum absolute atomic E-state index is 12.1. The highest BCUT2D eigenvalue weighted by Crippen LogP contribution is 2.28. The van der Waals surface area contributed by atoms with Crippen molar-refractivity contribution in [3.63, 3.8) is 0 Å². The van der Waals surface area contributed by atoms with Crippen molar-refractivity contribution in [2.75, 3.05) is 23.6 Å². The molecule has 2 rings (SSSR count). The molecule has 1 aliphatic carbocycles. The largest absolute Gasteiger partial charge is 0.317 e. The van der Waals surface area contributed by atoms with Gasteiger partial charge in [0.2, 0.25) is 10.0 Å². The van der Waals surface area contributed by atoms with Gasteiger partial charge in [-0.1, -0.05) is 19.1 Å². The topological polar surface area (TPSA) is 58.2 Å². The van der Waals surface area contributed by atoms with E-state index in [0.29, 0.717) is 6.42 Å². The van der Waals surface area contributed by atoms with Crippen LogP contribution in [0.2, 0.25) is 0 Å². The summed E-state index contributed by atoms with van der Waals surface area (Å²) in [5, 5.41) is 3.14. The van der Waals surface area contributed by atoms with E-state index in [-0.39, 0.29) is 5.75 Å². The Bertz CT molecular complexity index is 541. The normalized spacial score (nSPS) is 14.8. The van der Waals surface area contributed by atoms with E-state index in [9.17, 15) is 8.42 Å². The number of rotatable bonds is 7. The van der Waals surface area contributed by atoms with Crippen LogP contribution in [0.25, 0.3) is 0 Å². The van der Waals surface area contributed by atoms with Gasteiger partial charge in [0.1, 0.15) is 0 Å². The van der Waals surface area contributed by atoms with Gasteiger partial charge in [-0.2, -0.15) is 0 Å². The van der Waals surface area contributed by atoms with Crippen LogP contribution in [-0.2, 0) is 22.9 Å². The Labute approximate surface area is 122 Å². The number of hydrogen-bond acceptors (Lipinski definition) is 3. The molecule has 0 unspecified atom stereocenters. The van der Waals surface area contributed by atoms with Crippen LogP contribution in [0, 0.1) is 0 Å². The first-order valence-corrected chi connectivity index (χ1v) is 9.09. The van der Waals surface area contributed by atoms with Crippen LogP contribution in [-0.4, -0.2) is 27.3 Å². The molecule has 1 aromatic carbocycles. The molecular weight excluding hydrogens is 272 g/mol. The molecule has 5 heteroatoms. The second kappa shape index (κ2) is 7.09. The summed E-state index contributed by atoms with van der Waals surface area (Å²) in [6, 6.07) is 5.93. The van der Waals surface area contributed by atoms with E-state index in [1.54, 1.807) is 0 Å². The van der Waals surface area contributed by atoms with E-state index in [4.69, 9.17) is 0 Å². The Morgan fingerprint density at radius 2 is 2.00 bits per heavy atom. The predicted octanol–water partition coefficient (Wildman–Crippen LogP) is 2.31. The van der Waals surface area contributed by atoms with Gasteiger partial charge in [0.05, 0.1) is 11.4 Å². The monoisotopic (exact) mass is 296 g/mol. The Kier molecular flexibility index (Phi) is 5.43. The minimum absolute atomic E-state index is 0.170. The van der Waals surface area contributed by atoms with Gasteiger partial charge in [0.25, 0.3) is 0 Å². The number of sulfonamides is 1. The van der Waals surface area contributed by atoms with Crippen molar-refractivity contribution in [2.45, 2.75) is 39.0 Å². The molecule has 4 nitrogen and oxygen atoms in total. The molecule has 0 heterocycles. The van der Waals surface area contributed by atoms with Crippen molar-refractivity contribution in [1.82, 2.24) is 5.32 Å². The predicted molar refractivity (Wildman–Crippen MR) is 83.7 cm³/mol. The molecule has 0 saturated heterocycles. The van der Waals surface area contributed by atoms with Gasteiger partial charge < -0.3 is 5.32 Å². The Hall–Kier alpha value is -1.07. The number of aryl methyl sites for hydroxylation is 1. The molecule has 0 bridgehead atoms. The number of benzene rings is 1. The van der Waals surface area contributed by atoms with Crippen molar-refractivity contribution in [1.29, 1.82) is 0 Å². The Balaban J connectivity index is 2.02. The minimum Gasteiger partial charge on any atom is -0.317 e. The molecule has 20 heavy (non-hydrogen) atoms. The lowest BCUT2D eigenvalue weighted by Gasteiger charge is -2.20. The molecule has 0 radical (unpaired) electrons. The third-order valence-corrected chi connectivity index (χ3v) is 5.04. The molecule has 0 atom stereocenters. The molecular formula is C15H24N2O2S. The van der Waals surface area contributed by atoms with E-state index >= 15 is 0 Å². The van der Waals surface area contributed by atoms with Crippen LogP contribution in [0.5, 0.6) is 0 Å². The Morgan fingerprint density at radius 1 is 1.20 bits per heavy atom. The smallest absolute Gasteiger partial charge is 0.232 e. The first kappa shape index (κ1) is 15.3. The average Bonchev–Trinajstić information content (AvgIpc) is 2.44. The summed E-state index contributed by atoms with van der Waals surface area (Å²) in [5.74, 6) is 0.170. The van der Waals surface area contributed by atoms with Crippen molar-refractivity contribution in [3.8, 4) is 0 Å². The first-order chi connectivity index (χ1) is 9.62. The quantitative estimate of drug-likeness (QED) is 0.759. The second-order valence-electron chi connectivity index (χ2n) is 5.28. The van der Waals surface area contributed by atoms with Crippen LogP contribution < -0.4 is 10.0 Å². The van der Waals surface area contributed by atoms with Crippen LogP contribution >= 0.6 is 0 Å². The summed E-state index contributed by atoms with van der Waals surface area (Å²) in [6.45, 7) is 3.63. The summed E-state index contributed by atoms with van der Waals surface area (Å²) in [4.78, 5) is 0. The summed E-state index contributed by atoms with van der Waals surface area (Å²) in [5.41, 5.74) is 3.27. The maximum Gasteiger partial charge on any atom is 0.232 e. The van der Waals surface area contributed by atoms with E-state index in [1.807, 2.05) is 19.1 Å². The number of anilines is 1. The molecule has 1 aromatic rings. The van der Waals surface area contributed by atoms with Crippen molar-refractivity contribution in [3.05, 3.63) is 29.3 Å². The van der Waals surface area contributed by atoms with Gasteiger partial charge in [0, 0.05) is 0 Å². The van der Waals surface area contributed by atoms with E-state index in [0.717, 1.165) is 38.0 Å². The molecule has 0 spiro atoms. The molecule has 0 saturated carbocycles. The number of nitrogens with one attached hydrogen (secondary N) is 2. The number of fused-ring (bicyclic) bond motifs is 1. The summed E-state index contributed by atoms with van der Waals surface area (Å²) >= 11 is 0. The molecule has 0 aliphatic heterocycles. The van der Waals surface area contributed by atoms with Crippen LogP contribution in [0.15, 0.2) is 18.2 Å². The van der Waals surface area contributed by atoms with Gasteiger partial charge >= 0.3 is 0 Å². The summed E-state index contributed by atoms with van der Waals surface area (Å²) < 4.78 is 27.0. The van der Waals surface area contributed by atoms with Gasteiger partial charge in [0.15, 0.2) is 0 Å². The molecule has 0 aromatic heterocycles. The molecule has 112 valence electrons. The lowest BCUT2D eigenvalue weighted by Crippen LogP contribution is -2.22. The molecule has 0 fully saturated rings. The van der Waals surface area contributed by atoms with Crippen molar-refractivity contribution in [2.24, 2.45) is 0 Å². The molecule has 1 aliphatic rings. The lowest BCUT2D eigenvalue weighted by molar-refractivity contribution is 0.595. The molecule has 0 amide bonds. The van der Waals surface area contributed by atoms with E-state index in [1.165, 1.54) is 17.5 Å². The third kappa shape index (κ3) is 4.21. The van der Waals surface area contributed by atoms with Gasteiger partial charge in [-0.05, 0) is 62.4 Å². The maximum atomic E-state index is 12.1. The van der Waals surface area contributed by atoms with Crippen LogP contribution in [0.3, 0.4) is 0 Å². The highest BCUT2D eigenvalue weighted by Gasteiger charge is 2.16. The fourth-order valence-electron chi connectivity index (χ4n) is 2.66. The average molecular weight is 296 g/mol. The zero-order valence-electron chi connectivity index (χ0n) is 12.1. The van der Waals surface area contributed by atoms with Gasteiger partial charge in [-0.25, -0.2) is 8.42 Å². The van der Waals surface area contributed by atoms with E-state index < -0.39 is 10.0 Å². The zero-order valence-corrected chi connectivity index (χ0v) is 12.9.